The molecule has 0 spiro atoms. The van der Waals surface area contributed by atoms with Crippen molar-refractivity contribution in [2.75, 3.05) is 13.1 Å². The monoisotopic (exact) mass is 373 g/mol. The van der Waals surface area contributed by atoms with Crippen molar-refractivity contribution in [3.63, 3.8) is 0 Å². The van der Waals surface area contributed by atoms with Gasteiger partial charge in [0.05, 0.1) is 6.04 Å². The Hall–Kier alpha value is -0.810. The van der Waals surface area contributed by atoms with Gasteiger partial charge in [-0.3, -0.25) is 9.69 Å². The minimum Gasteiger partial charge on any atom is -0.351 e. The van der Waals surface area contributed by atoms with Crippen molar-refractivity contribution in [3.05, 3.63) is 34.9 Å². The van der Waals surface area contributed by atoms with Crippen molar-refractivity contribution >= 4 is 29.9 Å². The van der Waals surface area contributed by atoms with E-state index < -0.39 is 0 Å². The van der Waals surface area contributed by atoms with Crippen LogP contribution in [-0.2, 0) is 11.3 Å². The van der Waals surface area contributed by atoms with Crippen LogP contribution in [0.4, 0.5) is 0 Å². The maximum Gasteiger partial charge on any atom is 0.237 e. The van der Waals surface area contributed by atoms with E-state index in [-0.39, 0.29) is 30.4 Å². The summed E-state index contributed by atoms with van der Waals surface area (Å²) in [7, 11) is 0. The molecule has 0 aromatic heterocycles. The molecule has 0 saturated carbocycles. The Bertz CT molecular complexity index is 525. The number of nitrogens with one attached hydrogen (secondary N) is 1. The van der Waals surface area contributed by atoms with Gasteiger partial charge in [-0.15, -0.1) is 12.4 Å². The van der Waals surface area contributed by atoms with Crippen molar-refractivity contribution in [2.45, 2.75) is 51.7 Å². The van der Waals surface area contributed by atoms with E-state index in [0.717, 1.165) is 37.9 Å². The third kappa shape index (κ3) is 6.60. The summed E-state index contributed by atoms with van der Waals surface area (Å²) < 4.78 is 0. The number of nitrogens with two attached hydrogens (primary N) is 1. The van der Waals surface area contributed by atoms with E-state index in [9.17, 15) is 4.79 Å². The van der Waals surface area contributed by atoms with Gasteiger partial charge >= 0.3 is 0 Å². The normalized spacial score (nSPS) is 19.1. The Morgan fingerprint density at radius 1 is 1.46 bits per heavy atom. The first-order valence-corrected chi connectivity index (χ1v) is 8.85. The topological polar surface area (TPSA) is 58.4 Å². The van der Waals surface area contributed by atoms with Crippen LogP contribution in [0.2, 0.25) is 5.02 Å². The number of carbonyl (C=O) groups is 1. The van der Waals surface area contributed by atoms with Gasteiger partial charge < -0.3 is 11.1 Å². The molecule has 0 bridgehead atoms. The Balaban J connectivity index is 0.00000288. The van der Waals surface area contributed by atoms with Crippen molar-refractivity contribution in [2.24, 2.45) is 11.7 Å². The van der Waals surface area contributed by atoms with Crippen LogP contribution in [0.5, 0.6) is 0 Å². The zero-order chi connectivity index (χ0) is 16.8. The number of carbonyl (C=O) groups excluding carboxylic acids is 1. The molecule has 2 atom stereocenters. The minimum atomic E-state index is -0.0487. The molecule has 0 radical (unpaired) electrons. The molecule has 3 N–H and O–H groups in total. The molecule has 1 aliphatic rings. The average Bonchev–Trinajstić information content (AvgIpc) is 2.92. The van der Waals surface area contributed by atoms with Crippen molar-refractivity contribution in [3.8, 4) is 0 Å². The molecule has 24 heavy (non-hydrogen) atoms. The van der Waals surface area contributed by atoms with Gasteiger partial charge in [0.25, 0.3) is 0 Å². The van der Waals surface area contributed by atoms with Gasteiger partial charge in [0.2, 0.25) is 5.91 Å². The smallest absolute Gasteiger partial charge is 0.237 e. The lowest BCUT2D eigenvalue weighted by atomic mass is 10.0. The van der Waals surface area contributed by atoms with E-state index >= 15 is 0 Å². The van der Waals surface area contributed by atoms with Crippen LogP contribution in [-0.4, -0.2) is 36.0 Å². The summed E-state index contributed by atoms with van der Waals surface area (Å²) in [5.41, 5.74) is 7.23. The Morgan fingerprint density at radius 3 is 2.88 bits per heavy atom. The summed E-state index contributed by atoms with van der Waals surface area (Å²) in [6, 6.07) is 7.67. The van der Waals surface area contributed by atoms with Crippen LogP contribution in [0.1, 0.15) is 38.7 Å². The van der Waals surface area contributed by atoms with Gasteiger partial charge in [-0.2, -0.15) is 0 Å². The van der Waals surface area contributed by atoms with E-state index in [1.807, 2.05) is 24.3 Å². The second-order valence-electron chi connectivity index (χ2n) is 6.89. The standard InChI is InChI=1S/C18H28ClN3O.ClH/c1-13(2)9-16(20)12-22-8-4-7-17(22)18(23)21-11-14-5-3-6-15(19)10-14;/h3,5-6,10,13,16-17H,4,7-9,11-12,20H2,1-2H3,(H,21,23);1H/t16-,17+;/m1./s1. The van der Waals surface area contributed by atoms with E-state index in [2.05, 4.69) is 24.1 Å². The highest BCUT2D eigenvalue weighted by Gasteiger charge is 2.31. The average molecular weight is 374 g/mol. The number of benzene rings is 1. The summed E-state index contributed by atoms with van der Waals surface area (Å²) in [6.45, 7) is 6.63. The molecule has 4 nitrogen and oxygen atoms in total. The lowest BCUT2D eigenvalue weighted by Gasteiger charge is -2.27. The van der Waals surface area contributed by atoms with Gasteiger partial charge in [0.1, 0.15) is 0 Å². The van der Waals surface area contributed by atoms with E-state index in [1.165, 1.54) is 0 Å². The molecular formula is C18H29Cl2N3O. The summed E-state index contributed by atoms with van der Waals surface area (Å²) >= 11 is 5.97. The number of likely N-dealkylation sites (tertiary alicyclic amines) is 1. The number of hydrogen-bond donors (Lipinski definition) is 2. The van der Waals surface area contributed by atoms with Crippen LogP contribution in [0, 0.1) is 5.92 Å². The Morgan fingerprint density at radius 2 is 2.21 bits per heavy atom. The molecule has 1 aliphatic heterocycles. The lowest BCUT2D eigenvalue weighted by Crippen LogP contribution is -2.47. The van der Waals surface area contributed by atoms with Crippen molar-refractivity contribution < 1.29 is 4.79 Å². The number of amides is 1. The molecule has 1 aromatic rings. The maximum absolute atomic E-state index is 12.5. The molecule has 0 unspecified atom stereocenters. The van der Waals surface area contributed by atoms with Crippen molar-refractivity contribution in [1.29, 1.82) is 0 Å². The van der Waals surface area contributed by atoms with Crippen LogP contribution in [0.25, 0.3) is 0 Å². The molecule has 6 heteroatoms. The molecule has 1 heterocycles. The molecule has 2 rings (SSSR count). The highest BCUT2D eigenvalue weighted by atomic mass is 35.5. The maximum atomic E-state index is 12.5. The van der Waals surface area contributed by atoms with Crippen LogP contribution in [0.15, 0.2) is 24.3 Å². The van der Waals surface area contributed by atoms with Crippen LogP contribution < -0.4 is 11.1 Å². The predicted molar refractivity (Wildman–Crippen MR) is 103 cm³/mol. The first-order chi connectivity index (χ1) is 11.0. The molecule has 1 amide bonds. The fourth-order valence-corrected chi connectivity index (χ4v) is 3.49. The van der Waals surface area contributed by atoms with E-state index in [1.54, 1.807) is 0 Å². The lowest BCUT2D eigenvalue weighted by molar-refractivity contribution is -0.125. The number of halogens is 2. The van der Waals surface area contributed by atoms with Gasteiger partial charge in [0, 0.05) is 24.2 Å². The highest BCUT2D eigenvalue weighted by Crippen LogP contribution is 2.19. The van der Waals surface area contributed by atoms with Crippen molar-refractivity contribution in [1.82, 2.24) is 10.2 Å². The SMILES string of the molecule is CC(C)C[C@@H](N)CN1CCC[C@H]1C(=O)NCc1cccc(Cl)c1.Cl. The zero-order valence-electron chi connectivity index (χ0n) is 14.5. The zero-order valence-corrected chi connectivity index (χ0v) is 16.1. The first-order valence-electron chi connectivity index (χ1n) is 8.47. The fourth-order valence-electron chi connectivity index (χ4n) is 3.28. The highest BCUT2D eigenvalue weighted by molar-refractivity contribution is 6.30. The quantitative estimate of drug-likeness (QED) is 0.771. The van der Waals surface area contributed by atoms with E-state index in [4.69, 9.17) is 17.3 Å². The van der Waals surface area contributed by atoms with Crippen LogP contribution in [0.3, 0.4) is 0 Å². The summed E-state index contributed by atoms with van der Waals surface area (Å²) in [6.07, 6.45) is 2.97. The second kappa shape index (κ2) is 10.2. The summed E-state index contributed by atoms with van der Waals surface area (Å²) in [4.78, 5) is 14.7. The number of nitrogens with zero attached hydrogens (tertiary/aromatic N) is 1. The van der Waals surface area contributed by atoms with Crippen LogP contribution >= 0.6 is 24.0 Å². The van der Waals surface area contributed by atoms with E-state index in [0.29, 0.717) is 17.5 Å². The minimum absolute atomic E-state index is 0. The third-order valence-corrected chi connectivity index (χ3v) is 4.50. The number of rotatable bonds is 7. The Labute approximate surface area is 156 Å². The molecule has 1 saturated heterocycles. The molecular weight excluding hydrogens is 345 g/mol. The molecule has 1 fully saturated rings. The summed E-state index contributed by atoms with van der Waals surface area (Å²) in [5.74, 6) is 0.682. The molecule has 136 valence electrons. The number of hydrogen-bond acceptors (Lipinski definition) is 3. The Kier molecular flexibility index (Phi) is 9.06. The third-order valence-electron chi connectivity index (χ3n) is 4.27. The van der Waals surface area contributed by atoms with Gasteiger partial charge in [-0.05, 0) is 49.4 Å². The first kappa shape index (κ1) is 21.2. The summed E-state index contributed by atoms with van der Waals surface area (Å²) in [5, 5.41) is 3.73. The molecule has 1 aromatic carbocycles. The molecule has 0 aliphatic carbocycles. The predicted octanol–water partition coefficient (Wildman–Crippen LogP) is 3.22. The largest absolute Gasteiger partial charge is 0.351 e. The van der Waals surface area contributed by atoms with Gasteiger partial charge in [-0.1, -0.05) is 37.6 Å². The van der Waals surface area contributed by atoms with Gasteiger partial charge in [0.15, 0.2) is 0 Å². The second-order valence-corrected chi connectivity index (χ2v) is 7.33. The van der Waals surface area contributed by atoms with Gasteiger partial charge in [-0.25, -0.2) is 0 Å². The fraction of sp³-hybridized carbons (Fsp3) is 0.611.